The molecular weight excluding hydrogens is 219 g/mol. The first-order chi connectivity index (χ1) is 7.11. The van der Waals surface area contributed by atoms with E-state index in [0.717, 1.165) is 6.07 Å². The van der Waals surface area contributed by atoms with E-state index in [9.17, 15) is 9.18 Å². The van der Waals surface area contributed by atoms with E-state index < -0.39 is 11.4 Å². The van der Waals surface area contributed by atoms with Crippen molar-refractivity contribution in [3.8, 4) is 6.07 Å². The second kappa shape index (κ2) is 3.37. The lowest BCUT2D eigenvalue weighted by Crippen LogP contribution is -2.10. The van der Waals surface area contributed by atoms with Crippen LogP contribution in [0.15, 0.2) is 23.0 Å². The predicted octanol–water partition coefficient (Wildman–Crippen LogP) is 2.19. The Morgan fingerprint density at radius 1 is 1.40 bits per heavy atom. The lowest BCUT2D eigenvalue weighted by atomic mass is 10.1. The Bertz CT molecular complexity index is 642. The molecule has 0 unspecified atom stereocenters. The van der Waals surface area contributed by atoms with Gasteiger partial charge in [0.15, 0.2) is 0 Å². The van der Waals surface area contributed by atoms with Crippen molar-refractivity contribution in [2.45, 2.75) is 0 Å². The van der Waals surface area contributed by atoms with Crippen molar-refractivity contribution in [3.63, 3.8) is 0 Å². The van der Waals surface area contributed by atoms with Crippen LogP contribution in [0.1, 0.15) is 5.56 Å². The Hall–Kier alpha value is -1.86. The number of H-pyrrole nitrogens is 1. The number of fused-ring (bicyclic) bond motifs is 1. The van der Waals surface area contributed by atoms with Gasteiger partial charge in [-0.3, -0.25) is 4.79 Å². The number of nitriles is 1. The molecule has 1 N–H and O–H groups in total. The van der Waals surface area contributed by atoms with Crippen molar-refractivity contribution in [3.05, 3.63) is 45.0 Å². The number of halogens is 2. The normalized spacial score (nSPS) is 10.2. The summed E-state index contributed by atoms with van der Waals surface area (Å²) < 4.78 is 13.3. The van der Waals surface area contributed by atoms with Crippen LogP contribution in [0.2, 0.25) is 5.02 Å². The number of nitrogens with one attached hydrogen (secondary N) is 1. The fraction of sp³-hybridized carbons (Fsp3) is 0. The summed E-state index contributed by atoms with van der Waals surface area (Å²) in [5.41, 5.74) is -0.612. The van der Waals surface area contributed by atoms with E-state index in [0.29, 0.717) is 5.39 Å². The molecule has 0 atom stereocenters. The van der Waals surface area contributed by atoms with Gasteiger partial charge in [0.2, 0.25) is 0 Å². The first kappa shape index (κ1) is 9.69. The molecule has 0 saturated carbocycles. The van der Waals surface area contributed by atoms with E-state index in [1.54, 1.807) is 6.07 Å². The average Bonchev–Trinajstić information content (AvgIpc) is 2.18. The van der Waals surface area contributed by atoms with Crippen LogP contribution in [0.25, 0.3) is 10.9 Å². The smallest absolute Gasteiger partial charge is 0.266 e. The summed E-state index contributed by atoms with van der Waals surface area (Å²) in [6.07, 6.45) is 0. The zero-order valence-electron chi connectivity index (χ0n) is 7.34. The van der Waals surface area contributed by atoms with E-state index in [1.165, 1.54) is 12.1 Å². The molecule has 2 rings (SSSR count). The van der Waals surface area contributed by atoms with Gasteiger partial charge in [-0.1, -0.05) is 11.6 Å². The Morgan fingerprint density at radius 3 is 2.80 bits per heavy atom. The molecule has 1 aromatic heterocycles. The maximum atomic E-state index is 13.3. The lowest BCUT2D eigenvalue weighted by Gasteiger charge is -2.00. The summed E-state index contributed by atoms with van der Waals surface area (Å²) in [5.74, 6) is -0.612. The van der Waals surface area contributed by atoms with Crippen molar-refractivity contribution in [1.29, 1.82) is 5.26 Å². The quantitative estimate of drug-likeness (QED) is 0.743. The third-order valence-electron chi connectivity index (χ3n) is 1.99. The predicted molar refractivity (Wildman–Crippen MR) is 54.3 cm³/mol. The van der Waals surface area contributed by atoms with Gasteiger partial charge in [0.25, 0.3) is 5.56 Å². The summed E-state index contributed by atoms with van der Waals surface area (Å²) in [6.45, 7) is 0. The zero-order valence-corrected chi connectivity index (χ0v) is 8.10. The minimum absolute atomic E-state index is 0.0587. The third kappa shape index (κ3) is 1.58. The van der Waals surface area contributed by atoms with Crippen LogP contribution in [0, 0.1) is 17.1 Å². The summed E-state index contributed by atoms with van der Waals surface area (Å²) in [5, 5.41) is 9.24. The Morgan fingerprint density at radius 2 is 2.13 bits per heavy atom. The van der Waals surface area contributed by atoms with Gasteiger partial charge in [0.05, 0.1) is 5.52 Å². The highest BCUT2D eigenvalue weighted by atomic mass is 35.5. The van der Waals surface area contributed by atoms with Gasteiger partial charge in [-0.05, 0) is 18.2 Å². The van der Waals surface area contributed by atoms with Gasteiger partial charge in [0.1, 0.15) is 17.4 Å². The van der Waals surface area contributed by atoms with E-state index in [-0.39, 0.29) is 16.1 Å². The standard InChI is InChI=1S/C10H4ClFN2O/c11-7-2-5-1-6(4-13)10(15)14-9(5)8(12)3-7/h1-3H,(H,14,15). The van der Waals surface area contributed by atoms with E-state index in [1.807, 2.05) is 0 Å². The van der Waals surface area contributed by atoms with Gasteiger partial charge in [0, 0.05) is 10.4 Å². The Kier molecular flexibility index (Phi) is 2.18. The first-order valence-electron chi connectivity index (χ1n) is 4.04. The number of hydrogen-bond acceptors (Lipinski definition) is 2. The van der Waals surface area contributed by atoms with Crippen LogP contribution in [-0.2, 0) is 0 Å². The van der Waals surface area contributed by atoms with Crippen LogP contribution in [0.5, 0.6) is 0 Å². The fourth-order valence-electron chi connectivity index (χ4n) is 1.32. The number of benzene rings is 1. The SMILES string of the molecule is N#Cc1cc2cc(Cl)cc(F)c2[nH]c1=O. The summed E-state index contributed by atoms with van der Waals surface area (Å²) in [6, 6.07) is 5.61. The fourth-order valence-corrected chi connectivity index (χ4v) is 1.54. The van der Waals surface area contributed by atoms with Crippen LogP contribution in [-0.4, -0.2) is 4.98 Å². The lowest BCUT2D eigenvalue weighted by molar-refractivity contribution is 0.636. The molecule has 0 bridgehead atoms. The monoisotopic (exact) mass is 222 g/mol. The Labute approximate surface area is 88.7 Å². The van der Waals surface area contributed by atoms with Crippen LogP contribution in [0.4, 0.5) is 4.39 Å². The van der Waals surface area contributed by atoms with E-state index in [4.69, 9.17) is 16.9 Å². The largest absolute Gasteiger partial charge is 0.318 e. The molecule has 1 heterocycles. The summed E-state index contributed by atoms with van der Waals surface area (Å²) in [4.78, 5) is 13.5. The second-order valence-electron chi connectivity index (χ2n) is 2.98. The molecule has 3 nitrogen and oxygen atoms in total. The van der Waals surface area contributed by atoms with Crippen molar-refractivity contribution >= 4 is 22.5 Å². The zero-order chi connectivity index (χ0) is 11.0. The average molecular weight is 223 g/mol. The molecule has 0 amide bonds. The number of aromatic amines is 1. The Balaban J connectivity index is 2.95. The molecule has 15 heavy (non-hydrogen) atoms. The topological polar surface area (TPSA) is 56.6 Å². The number of pyridine rings is 1. The molecule has 0 aliphatic heterocycles. The molecule has 1 aromatic carbocycles. The number of rotatable bonds is 0. The van der Waals surface area contributed by atoms with Gasteiger partial charge in [-0.25, -0.2) is 4.39 Å². The van der Waals surface area contributed by atoms with E-state index >= 15 is 0 Å². The van der Waals surface area contributed by atoms with Crippen molar-refractivity contribution in [2.24, 2.45) is 0 Å². The van der Waals surface area contributed by atoms with Gasteiger partial charge < -0.3 is 4.98 Å². The highest BCUT2D eigenvalue weighted by molar-refractivity contribution is 6.31. The molecule has 0 aliphatic rings. The third-order valence-corrected chi connectivity index (χ3v) is 2.21. The maximum absolute atomic E-state index is 13.3. The van der Waals surface area contributed by atoms with Crippen molar-refractivity contribution < 1.29 is 4.39 Å². The van der Waals surface area contributed by atoms with Gasteiger partial charge in [-0.2, -0.15) is 5.26 Å². The molecule has 74 valence electrons. The molecular formula is C10H4ClFN2O. The van der Waals surface area contributed by atoms with Crippen molar-refractivity contribution in [1.82, 2.24) is 4.98 Å². The highest BCUT2D eigenvalue weighted by Gasteiger charge is 2.07. The summed E-state index contributed by atoms with van der Waals surface area (Å²) >= 11 is 5.64. The molecule has 0 aliphatic carbocycles. The van der Waals surface area contributed by atoms with Crippen LogP contribution < -0.4 is 5.56 Å². The highest BCUT2D eigenvalue weighted by Crippen LogP contribution is 2.20. The van der Waals surface area contributed by atoms with Gasteiger partial charge in [-0.15, -0.1) is 0 Å². The molecule has 0 saturated heterocycles. The molecule has 0 radical (unpaired) electrons. The number of aromatic nitrogens is 1. The van der Waals surface area contributed by atoms with E-state index in [2.05, 4.69) is 4.98 Å². The molecule has 0 spiro atoms. The summed E-state index contributed by atoms with van der Waals surface area (Å²) in [7, 11) is 0. The molecule has 0 fully saturated rings. The van der Waals surface area contributed by atoms with Gasteiger partial charge >= 0.3 is 0 Å². The first-order valence-corrected chi connectivity index (χ1v) is 4.42. The second-order valence-corrected chi connectivity index (χ2v) is 3.41. The minimum Gasteiger partial charge on any atom is -0.318 e. The number of hydrogen-bond donors (Lipinski definition) is 1. The molecule has 5 heteroatoms. The maximum Gasteiger partial charge on any atom is 0.266 e. The van der Waals surface area contributed by atoms with Crippen LogP contribution in [0.3, 0.4) is 0 Å². The van der Waals surface area contributed by atoms with Crippen molar-refractivity contribution in [2.75, 3.05) is 0 Å². The van der Waals surface area contributed by atoms with Crippen LogP contribution >= 0.6 is 11.6 Å². The molecule has 2 aromatic rings. The number of nitrogens with zero attached hydrogens (tertiary/aromatic N) is 1. The minimum atomic E-state index is -0.612.